The first kappa shape index (κ1) is 15.8. The number of carboxylic acids is 1. The van der Waals surface area contributed by atoms with Crippen LogP contribution in [0.1, 0.15) is 46.0 Å². The molecule has 2 amide bonds. The Morgan fingerprint density at radius 1 is 1.37 bits per heavy atom. The summed E-state index contributed by atoms with van der Waals surface area (Å²) in [6.07, 6.45) is 5.55. The number of carboxylic acid groups (broad SMARTS) is 1. The highest BCUT2D eigenvalue weighted by atomic mass is 16.4. The third-order valence-corrected chi connectivity index (χ3v) is 4.11. The Morgan fingerprint density at radius 3 is 2.42 bits per heavy atom. The van der Waals surface area contributed by atoms with Crippen molar-refractivity contribution in [2.75, 3.05) is 13.6 Å². The van der Waals surface area contributed by atoms with Gasteiger partial charge < -0.3 is 15.3 Å². The second kappa shape index (κ2) is 7.36. The predicted octanol–water partition coefficient (Wildman–Crippen LogP) is 2.32. The molecule has 0 spiro atoms. The molecule has 1 fully saturated rings. The van der Waals surface area contributed by atoms with E-state index in [4.69, 9.17) is 5.11 Å². The highest BCUT2D eigenvalue weighted by molar-refractivity contribution is 5.82. The van der Waals surface area contributed by atoms with Gasteiger partial charge >= 0.3 is 12.0 Å². The summed E-state index contributed by atoms with van der Waals surface area (Å²) in [5.74, 6) is -0.457. The molecule has 1 unspecified atom stereocenters. The number of rotatable bonds is 6. The molecule has 0 aromatic rings. The molecular formula is C14H26N2O3. The molecule has 5 nitrogen and oxygen atoms in total. The number of nitrogens with one attached hydrogen (secondary N) is 1. The smallest absolute Gasteiger partial charge is 0.326 e. The Labute approximate surface area is 115 Å². The lowest BCUT2D eigenvalue weighted by molar-refractivity contribution is -0.140. The van der Waals surface area contributed by atoms with Crippen molar-refractivity contribution in [3.05, 3.63) is 0 Å². The Balaban J connectivity index is 2.48. The molecule has 1 rings (SSSR count). The van der Waals surface area contributed by atoms with Gasteiger partial charge in [0.25, 0.3) is 0 Å². The van der Waals surface area contributed by atoms with Crippen molar-refractivity contribution in [3.63, 3.8) is 0 Å². The van der Waals surface area contributed by atoms with E-state index in [1.165, 1.54) is 25.7 Å². The number of urea groups is 1. The minimum Gasteiger partial charge on any atom is -0.480 e. The van der Waals surface area contributed by atoms with Crippen molar-refractivity contribution < 1.29 is 14.7 Å². The SMILES string of the molecule is CCC(C)[C@@H](NC(=O)N(C)CC1CCCC1)C(=O)O. The zero-order valence-corrected chi connectivity index (χ0v) is 12.2. The van der Waals surface area contributed by atoms with Crippen molar-refractivity contribution in [2.45, 2.75) is 52.0 Å². The van der Waals surface area contributed by atoms with E-state index in [2.05, 4.69) is 5.32 Å². The van der Waals surface area contributed by atoms with Crippen LogP contribution in [0.2, 0.25) is 0 Å². The highest BCUT2D eigenvalue weighted by Gasteiger charge is 2.27. The van der Waals surface area contributed by atoms with Gasteiger partial charge in [-0.2, -0.15) is 0 Å². The monoisotopic (exact) mass is 270 g/mol. The third-order valence-electron chi connectivity index (χ3n) is 4.11. The molecular weight excluding hydrogens is 244 g/mol. The lowest BCUT2D eigenvalue weighted by atomic mass is 9.99. The molecule has 2 atom stereocenters. The summed E-state index contributed by atoms with van der Waals surface area (Å²) in [5, 5.41) is 11.8. The van der Waals surface area contributed by atoms with E-state index in [0.717, 1.165) is 13.0 Å². The quantitative estimate of drug-likeness (QED) is 0.778. The molecule has 0 radical (unpaired) electrons. The highest BCUT2D eigenvalue weighted by Crippen LogP contribution is 2.25. The summed E-state index contributed by atoms with van der Waals surface area (Å²) < 4.78 is 0. The van der Waals surface area contributed by atoms with Gasteiger partial charge in [-0.3, -0.25) is 0 Å². The number of aliphatic carboxylic acids is 1. The lowest BCUT2D eigenvalue weighted by Gasteiger charge is -2.26. The van der Waals surface area contributed by atoms with E-state index >= 15 is 0 Å². The second-order valence-corrected chi connectivity index (χ2v) is 5.68. The largest absolute Gasteiger partial charge is 0.480 e. The maximum atomic E-state index is 12.0. The van der Waals surface area contributed by atoms with Crippen molar-refractivity contribution in [1.82, 2.24) is 10.2 Å². The zero-order valence-electron chi connectivity index (χ0n) is 12.2. The molecule has 0 heterocycles. The summed E-state index contributed by atoms with van der Waals surface area (Å²) in [4.78, 5) is 24.8. The van der Waals surface area contributed by atoms with Crippen LogP contribution < -0.4 is 5.32 Å². The van der Waals surface area contributed by atoms with Crippen LogP contribution in [0.4, 0.5) is 4.79 Å². The summed E-state index contributed by atoms with van der Waals surface area (Å²) >= 11 is 0. The number of carbonyl (C=O) groups is 2. The van der Waals surface area contributed by atoms with Gasteiger partial charge in [-0.1, -0.05) is 33.1 Å². The predicted molar refractivity (Wildman–Crippen MR) is 74.0 cm³/mol. The summed E-state index contributed by atoms with van der Waals surface area (Å²) in [6.45, 7) is 4.49. The molecule has 1 aliphatic carbocycles. The number of amides is 2. The Hall–Kier alpha value is -1.26. The van der Waals surface area contributed by atoms with Gasteiger partial charge in [0.1, 0.15) is 6.04 Å². The van der Waals surface area contributed by atoms with E-state index < -0.39 is 12.0 Å². The molecule has 110 valence electrons. The van der Waals surface area contributed by atoms with Crippen LogP contribution in [0.3, 0.4) is 0 Å². The van der Waals surface area contributed by atoms with E-state index in [9.17, 15) is 9.59 Å². The normalized spacial score (nSPS) is 18.9. The van der Waals surface area contributed by atoms with Crippen LogP contribution in [0.25, 0.3) is 0 Å². The maximum absolute atomic E-state index is 12.0. The minimum absolute atomic E-state index is 0.0682. The Morgan fingerprint density at radius 2 is 1.95 bits per heavy atom. The van der Waals surface area contributed by atoms with Gasteiger partial charge in [0.2, 0.25) is 0 Å². The van der Waals surface area contributed by atoms with Crippen molar-refractivity contribution in [3.8, 4) is 0 Å². The van der Waals surface area contributed by atoms with E-state index in [0.29, 0.717) is 5.92 Å². The first-order chi connectivity index (χ1) is 8.95. The summed E-state index contributed by atoms with van der Waals surface area (Å²) in [5.41, 5.74) is 0. The van der Waals surface area contributed by atoms with Crippen LogP contribution in [-0.4, -0.2) is 41.6 Å². The molecule has 19 heavy (non-hydrogen) atoms. The van der Waals surface area contributed by atoms with Crippen LogP contribution >= 0.6 is 0 Å². The molecule has 1 aliphatic rings. The molecule has 0 saturated heterocycles. The summed E-state index contributed by atoms with van der Waals surface area (Å²) in [6, 6.07) is -1.08. The van der Waals surface area contributed by atoms with Gasteiger partial charge in [0.15, 0.2) is 0 Å². The standard InChI is InChI=1S/C14H26N2O3/c1-4-10(2)12(13(17)18)15-14(19)16(3)9-11-7-5-6-8-11/h10-12H,4-9H2,1-3H3,(H,15,19)(H,17,18)/t10?,12-/m1/s1. The average molecular weight is 270 g/mol. The average Bonchev–Trinajstić information content (AvgIpc) is 2.86. The van der Waals surface area contributed by atoms with Crippen molar-refractivity contribution >= 4 is 12.0 Å². The number of carbonyl (C=O) groups excluding carboxylic acids is 1. The molecule has 0 aromatic heterocycles. The Kier molecular flexibility index (Phi) is 6.12. The van der Waals surface area contributed by atoms with Gasteiger partial charge in [-0.05, 0) is 24.7 Å². The van der Waals surface area contributed by atoms with Gasteiger partial charge in [-0.25, -0.2) is 9.59 Å². The topological polar surface area (TPSA) is 69.6 Å². The molecule has 0 aromatic carbocycles. The third kappa shape index (κ3) is 4.73. The van der Waals surface area contributed by atoms with Crippen LogP contribution in [0, 0.1) is 11.8 Å². The number of hydrogen-bond acceptors (Lipinski definition) is 2. The second-order valence-electron chi connectivity index (χ2n) is 5.68. The van der Waals surface area contributed by atoms with Gasteiger partial charge in [0.05, 0.1) is 0 Å². The van der Waals surface area contributed by atoms with E-state index in [1.54, 1.807) is 11.9 Å². The molecule has 0 bridgehead atoms. The van der Waals surface area contributed by atoms with Gasteiger partial charge in [0, 0.05) is 13.6 Å². The van der Waals surface area contributed by atoms with E-state index in [-0.39, 0.29) is 11.9 Å². The van der Waals surface area contributed by atoms with Crippen LogP contribution in [0.15, 0.2) is 0 Å². The van der Waals surface area contributed by atoms with Gasteiger partial charge in [-0.15, -0.1) is 0 Å². The maximum Gasteiger partial charge on any atom is 0.326 e. The Bertz CT molecular complexity index is 314. The van der Waals surface area contributed by atoms with Crippen molar-refractivity contribution in [2.24, 2.45) is 11.8 Å². The van der Waals surface area contributed by atoms with E-state index in [1.807, 2.05) is 13.8 Å². The number of hydrogen-bond donors (Lipinski definition) is 2. The fourth-order valence-electron chi connectivity index (χ4n) is 2.59. The van der Waals surface area contributed by atoms with Crippen LogP contribution in [0.5, 0.6) is 0 Å². The minimum atomic E-state index is -0.961. The van der Waals surface area contributed by atoms with Crippen molar-refractivity contribution in [1.29, 1.82) is 0 Å². The first-order valence-corrected chi connectivity index (χ1v) is 7.20. The molecule has 5 heteroatoms. The molecule has 0 aliphatic heterocycles. The molecule has 2 N–H and O–H groups in total. The zero-order chi connectivity index (χ0) is 14.4. The van der Waals surface area contributed by atoms with Crippen LogP contribution in [-0.2, 0) is 4.79 Å². The fraction of sp³-hybridized carbons (Fsp3) is 0.857. The fourth-order valence-corrected chi connectivity index (χ4v) is 2.59. The summed E-state index contributed by atoms with van der Waals surface area (Å²) in [7, 11) is 1.74. The first-order valence-electron chi connectivity index (χ1n) is 7.20. The number of nitrogens with zero attached hydrogens (tertiary/aromatic N) is 1. The lowest BCUT2D eigenvalue weighted by Crippen LogP contribution is -2.50. The molecule has 1 saturated carbocycles.